The zero-order valence-electron chi connectivity index (χ0n) is 11.3. The van der Waals surface area contributed by atoms with Gasteiger partial charge in [-0.1, -0.05) is 0 Å². The molecule has 0 aliphatic carbocycles. The van der Waals surface area contributed by atoms with Crippen molar-refractivity contribution in [2.75, 3.05) is 40.4 Å². The van der Waals surface area contributed by atoms with E-state index >= 15 is 0 Å². The second-order valence-corrected chi connectivity index (χ2v) is 4.63. The summed E-state index contributed by atoms with van der Waals surface area (Å²) in [4.78, 5) is 24.5. The highest BCUT2D eigenvalue weighted by atomic mass is 19.4. The number of rotatable bonds is 5. The number of amides is 2. The minimum atomic E-state index is -4.46. The SMILES string of the molecule is CNC1COCC1C(=O)N(C)CC(=O)NCC(F)(F)F. The van der Waals surface area contributed by atoms with Crippen molar-refractivity contribution in [2.45, 2.75) is 12.2 Å². The largest absolute Gasteiger partial charge is 0.405 e. The minimum Gasteiger partial charge on any atom is -0.379 e. The Labute approximate surface area is 114 Å². The molecule has 2 amide bonds. The number of carbonyl (C=O) groups is 2. The van der Waals surface area contributed by atoms with Gasteiger partial charge in [-0.2, -0.15) is 13.2 Å². The van der Waals surface area contributed by atoms with Gasteiger partial charge >= 0.3 is 6.18 Å². The van der Waals surface area contributed by atoms with Crippen LogP contribution in [0.3, 0.4) is 0 Å². The van der Waals surface area contributed by atoms with Crippen LogP contribution in [0.15, 0.2) is 0 Å². The molecule has 0 saturated carbocycles. The minimum absolute atomic E-state index is 0.150. The van der Waals surface area contributed by atoms with Crippen LogP contribution < -0.4 is 10.6 Å². The molecule has 6 nitrogen and oxygen atoms in total. The summed E-state index contributed by atoms with van der Waals surface area (Å²) in [5.41, 5.74) is 0. The van der Waals surface area contributed by atoms with Gasteiger partial charge in [0.2, 0.25) is 11.8 Å². The molecule has 1 aliphatic heterocycles. The number of nitrogens with zero attached hydrogens (tertiary/aromatic N) is 1. The van der Waals surface area contributed by atoms with E-state index < -0.39 is 31.1 Å². The van der Waals surface area contributed by atoms with Gasteiger partial charge < -0.3 is 20.3 Å². The fourth-order valence-corrected chi connectivity index (χ4v) is 1.91. The number of hydrogen-bond acceptors (Lipinski definition) is 4. The lowest BCUT2D eigenvalue weighted by Gasteiger charge is -2.23. The molecular weight excluding hydrogens is 279 g/mol. The maximum absolute atomic E-state index is 12.1. The molecule has 0 aromatic carbocycles. The van der Waals surface area contributed by atoms with Gasteiger partial charge in [0.1, 0.15) is 6.54 Å². The van der Waals surface area contributed by atoms with Crippen LogP contribution in [-0.4, -0.2) is 69.3 Å². The van der Waals surface area contributed by atoms with E-state index in [9.17, 15) is 22.8 Å². The van der Waals surface area contributed by atoms with E-state index in [0.29, 0.717) is 6.61 Å². The van der Waals surface area contributed by atoms with Gasteiger partial charge in [0.15, 0.2) is 0 Å². The first kappa shape index (κ1) is 16.7. The molecule has 0 spiro atoms. The molecule has 1 heterocycles. The van der Waals surface area contributed by atoms with Crippen molar-refractivity contribution >= 4 is 11.8 Å². The van der Waals surface area contributed by atoms with Crippen molar-refractivity contribution in [2.24, 2.45) is 5.92 Å². The van der Waals surface area contributed by atoms with E-state index in [4.69, 9.17) is 4.74 Å². The summed E-state index contributed by atoms with van der Waals surface area (Å²) < 4.78 is 41.0. The average Bonchev–Trinajstić information content (AvgIpc) is 2.82. The molecule has 0 aromatic rings. The van der Waals surface area contributed by atoms with Crippen molar-refractivity contribution in [1.29, 1.82) is 0 Å². The van der Waals surface area contributed by atoms with Crippen LogP contribution in [0.1, 0.15) is 0 Å². The molecule has 1 fully saturated rings. The Bertz CT molecular complexity index is 363. The van der Waals surface area contributed by atoms with Crippen LogP contribution in [-0.2, 0) is 14.3 Å². The first-order valence-electron chi connectivity index (χ1n) is 6.08. The van der Waals surface area contributed by atoms with Crippen LogP contribution >= 0.6 is 0 Å². The summed E-state index contributed by atoms with van der Waals surface area (Å²) in [6.45, 7) is -1.19. The molecule has 20 heavy (non-hydrogen) atoms. The summed E-state index contributed by atoms with van der Waals surface area (Å²) in [6, 6.07) is -0.150. The zero-order chi connectivity index (χ0) is 15.3. The third-order valence-electron chi connectivity index (χ3n) is 3.01. The maximum atomic E-state index is 12.1. The number of ether oxygens (including phenoxy) is 1. The highest BCUT2D eigenvalue weighted by molar-refractivity contribution is 5.86. The molecule has 9 heteroatoms. The molecule has 2 unspecified atom stereocenters. The summed E-state index contributed by atoms with van der Waals surface area (Å²) in [6.07, 6.45) is -4.46. The smallest absolute Gasteiger partial charge is 0.379 e. The van der Waals surface area contributed by atoms with Crippen molar-refractivity contribution in [3.05, 3.63) is 0 Å². The molecule has 1 aliphatic rings. The lowest BCUT2D eigenvalue weighted by molar-refractivity contribution is -0.143. The summed E-state index contributed by atoms with van der Waals surface area (Å²) >= 11 is 0. The van der Waals surface area contributed by atoms with Crippen LogP contribution in [0.4, 0.5) is 13.2 Å². The summed E-state index contributed by atoms with van der Waals surface area (Å²) in [7, 11) is 3.07. The molecule has 0 radical (unpaired) electrons. The van der Waals surface area contributed by atoms with Crippen molar-refractivity contribution in [3.63, 3.8) is 0 Å². The monoisotopic (exact) mass is 297 g/mol. The topological polar surface area (TPSA) is 70.7 Å². The number of hydrogen-bond donors (Lipinski definition) is 2. The molecular formula is C11H18F3N3O3. The fourth-order valence-electron chi connectivity index (χ4n) is 1.91. The predicted molar refractivity (Wildman–Crippen MR) is 63.9 cm³/mol. The van der Waals surface area contributed by atoms with E-state index in [2.05, 4.69) is 5.32 Å². The highest BCUT2D eigenvalue weighted by Gasteiger charge is 2.35. The maximum Gasteiger partial charge on any atom is 0.405 e. The summed E-state index contributed by atoms with van der Waals surface area (Å²) in [5, 5.41) is 4.65. The van der Waals surface area contributed by atoms with Gasteiger partial charge in [0.25, 0.3) is 0 Å². The molecule has 2 N–H and O–H groups in total. The lowest BCUT2D eigenvalue weighted by atomic mass is 10.0. The van der Waals surface area contributed by atoms with Crippen LogP contribution in [0.5, 0.6) is 0 Å². The van der Waals surface area contributed by atoms with Gasteiger partial charge in [-0.25, -0.2) is 0 Å². The van der Waals surface area contributed by atoms with Gasteiger partial charge in [0, 0.05) is 13.1 Å². The van der Waals surface area contributed by atoms with Gasteiger partial charge in [-0.15, -0.1) is 0 Å². The van der Waals surface area contributed by atoms with Crippen molar-refractivity contribution in [1.82, 2.24) is 15.5 Å². The molecule has 1 rings (SSSR count). The average molecular weight is 297 g/mol. The first-order chi connectivity index (χ1) is 9.24. The van der Waals surface area contributed by atoms with Crippen LogP contribution in [0, 0.1) is 5.92 Å². The Morgan fingerprint density at radius 1 is 1.35 bits per heavy atom. The van der Waals surface area contributed by atoms with Crippen LogP contribution in [0.25, 0.3) is 0 Å². The number of carbonyl (C=O) groups excluding carboxylic acids is 2. The highest BCUT2D eigenvalue weighted by Crippen LogP contribution is 2.16. The number of halogens is 3. The van der Waals surface area contributed by atoms with E-state index in [0.717, 1.165) is 4.90 Å². The third-order valence-corrected chi connectivity index (χ3v) is 3.01. The zero-order valence-corrected chi connectivity index (χ0v) is 11.3. The number of alkyl halides is 3. The second kappa shape index (κ2) is 6.89. The molecule has 116 valence electrons. The number of likely N-dealkylation sites (N-methyl/N-ethyl adjacent to an activating group) is 2. The Kier molecular flexibility index (Phi) is 5.75. The van der Waals surface area contributed by atoms with Gasteiger partial charge in [-0.05, 0) is 7.05 Å². The Hall–Kier alpha value is -1.35. The molecule has 2 atom stereocenters. The third kappa shape index (κ3) is 4.97. The Morgan fingerprint density at radius 3 is 2.55 bits per heavy atom. The quantitative estimate of drug-likeness (QED) is 0.708. The lowest BCUT2D eigenvalue weighted by Crippen LogP contribution is -2.47. The standard InChI is InChI=1S/C11H18F3N3O3/c1-15-8-5-20-4-7(8)10(19)17(2)3-9(18)16-6-11(12,13)14/h7-8,15H,3-6H2,1-2H3,(H,16,18). The van der Waals surface area contributed by atoms with Crippen LogP contribution in [0.2, 0.25) is 0 Å². The van der Waals surface area contributed by atoms with Crippen molar-refractivity contribution in [3.8, 4) is 0 Å². The molecule has 1 saturated heterocycles. The van der Waals surface area contributed by atoms with E-state index in [1.807, 2.05) is 0 Å². The predicted octanol–water partition coefficient (Wildman–Crippen LogP) is -0.642. The van der Waals surface area contributed by atoms with E-state index in [1.54, 1.807) is 12.4 Å². The first-order valence-corrected chi connectivity index (χ1v) is 6.08. The van der Waals surface area contributed by atoms with Crippen molar-refractivity contribution < 1.29 is 27.5 Å². The second-order valence-electron chi connectivity index (χ2n) is 4.63. The fraction of sp³-hybridized carbons (Fsp3) is 0.818. The van der Waals surface area contributed by atoms with Gasteiger partial charge in [0.05, 0.1) is 25.7 Å². The van der Waals surface area contributed by atoms with E-state index in [-0.39, 0.29) is 18.6 Å². The number of nitrogens with one attached hydrogen (secondary N) is 2. The Morgan fingerprint density at radius 2 is 2.00 bits per heavy atom. The Balaban J connectivity index is 2.43. The normalized spacial score (nSPS) is 22.6. The molecule has 0 bridgehead atoms. The van der Waals surface area contributed by atoms with E-state index in [1.165, 1.54) is 7.05 Å². The van der Waals surface area contributed by atoms with Gasteiger partial charge in [-0.3, -0.25) is 9.59 Å². The molecule has 0 aromatic heterocycles. The summed E-state index contributed by atoms with van der Waals surface area (Å²) in [5.74, 6) is -1.61.